The second kappa shape index (κ2) is 5.36. The third kappa shape index (κ3) is 2.83. The zero-order valence-corrected chi connectivity index (χ0v) is 11.7. The van der Waals surface area contributed by atoms with Crippen molar-refractivity contribution in [3.63, 3.8) is 0 Å². The van der Waals surface area contributed by atoms with Crippen LogP contribution in [0.1, 0.15) is 20.8 Å². The molecule has 2 saturated heterocycles. The number of morpholine rings is 1. The number of carboxylic acid groups (broad SMARTS) is 1. The molecule has 0 aromatic carbocycles. The normalized spacial score (nSPS) is 29.8. The van der Waals surface area contributed by atoms with Crippen molar-refractivity contribution in [1.29, 1.82) is 0 Å². The zero-order valence-electron chi connectivity index (χ0n) is 11.7. The van der Waals surface area contributed by atoms with E-state index in [9.17, 15) is 9.59 Å². The first-order valence-electron chi connectivity index (χ1n) is 6.80. The topological polar surface area (TPSA) is 70.1 Å². The zero-order chi connectivity index (χ0) is 14.2. The molecular weight excluding hydrogens is 248 g/mol. The van der Waals surface area contributed by atoms with Crippen LogP contribution in [0.15, 0.2) is 0 Å². The first-order valence-corrected chi connectivity index (χ1v) is 6.80. The lowest BCUT2D eigenvalue weighted by atomic mass is 9.87. The number of likely N-dealkylation sites (tertiary alicyclic amines) is 1. The van der Waals surface area contributed by atoms with Crippen LogP contribution in [0.4, 0.5) is 4.79 Å². The van der Waals surface area contributed by atoms with E-state index in [4.69, 9.17) is 9.84 Å². The summed E-state index contributed by atoms with van der Waals surface area (Å²) in [7, 11) is 0. The number of urea groups is 1. The number of nitrogens with zero attached hydrogens (tertiary/aromatic N) is 2. The van der Waals surface area contributed by atoms with Gasteiger partial charge in [-0.3, -0.25) is 4.79 Å². The number of amides is 2. The van der Waals surface area contributed by atoms with Gasteiger partial charge >= 0.3 is 12.0 Å². The van der Waals surface area contributed by atoms with Crippen LogP contribution in [-0.4, -0.2) is 65.3 Å². The molecule has 0 spiro atoms. The van der Waals surface area contributed by atoms with Crippen LogP contribution in [0, 0.1) is 11.8 Å². The fraction of sp³-hybridized carbons (Fsp3) is 0.846. The smallest absolute Gasteiger partial charge is 0.320 e. The van der Waals surface area contributed by atoms with Crippen LogP contribution in [0.2, 0.25) is 0 Å². The molecule has 0 aromatic heterocycles. The lowest BCUT2D eigenvalue weighted by Gasteiger charge is -2.46. The summed E-state index contributed by atoms with van der Waals surface area (Å²) in [6.07, 6.45) is 0.0650. The average Bonchev–Trinajstić information content (AvgIpc) is 2.29. The van der Waals surface area contributed by atoms with E-state index in [1.165, 1.54) is 0 Å². The minimum absolute atomic E-state index is 0.0106. The van der Waals surface area contributed by atoms with Gasteiger partial charge in [-0.2, -0.15) is 0 Å². The highest BCUT2D eigenvalue weighted by atomic mass is 16.5. The fourth-order valence-corrected chi connectivity index (χ4v) is 2.54. The van der Waals surface area contributed by atoms with Gasteiger partial charge in [0.05, 0.1) is 24.7 Å². The summed E-state index contributed by atoms with van der Waals surface area (Å²) in [6.45, 7) is 7.90. The summed E-state index contributed by atoms with van der Waals surface area (Å²) >= 11 is 0. The molecule has 0 saturated carbocycles. The molecule has 0 radical (unpaired) electrons. The number of carbonyl (C=O) groups is 2. The van der Waals surface area contributed by atoms with E-state index in [2.05, 4.69) is 0 Å². The largest absolute Gasteiger partial charge is 0.481 e. The molecule has 3 unspecified atom stereocenters. The number of ether oxygens (including phenoxy) is 1. The molecule has 2 heterocycles. The predicted molar refractivity (Wildman–Crippen MR) is 68.8 cm³/mol. The van der Waals surface area contributed by atoms with Crippen molar-refractivity contribution in [2.45, 2.75) is 32.9 Å². The highest BCUT2D eigenvalue weighted by Gasteiger charge is 2.40. The Bertz CT molecular complexity index is 368. The summed E-state index contributed by atoms with van der Waals surface area (Å²) in [4.78, 5) is 26.8. The third-order valence-corrected chi connectivity index (χ3v) is 4.13. The molecule has 1 N–H and O–H groups in total. The van der Waals surface area contributed by atoms with E-state index in [0.29, 0.717) is 26.2 Å². The molecule has 19 heavy (non-hydrogen) atoms. The van der Waals surface area contributed by atoms with Gasteiger partial charge in [-0.05, 0) is 13.8 Å². The maximum Gasteiger partial charge on any atom is 0.320 e. The van der Waals surface area contributed by atoms with E-state index < -0.39 is 5.97 Å². The van der Waals surface area contributed by atoms with Crippen molar-refractivity contribution in [3.05, 3.63) is 0 Å². The molecule has 2 rings (SSSR count). The lowest BCUT2D eigenvalue weighted by Crippen LogP contribution is -2.61. The molecule has 2 amide bonds. The Morgan fingerprint density at radius 3 is 2.47 bits per heavy atom. The van der Waals surface area contributed by atoms with E-state index in [-0.39, 0.29) is 30.0 Å². The molecule has 6 nitrogen and oxygen atoms in total. The molecule has 0 bridgehead atoms. The second-order valence-electron chi connectivity index (χ2n) is 5.72. The Hall–Kier alpha value is -1.30. The quantitative estimate of drug-likeness (QED) is 0.808. The van der Waals surface area contributed by atoms with E-state index in [0.717, 1.165) is 0 Å². The molecule has 2 fully saturated rings. The summed E-state index contributed by atoms with van der Waals surface area (Å²) in [5.41, 5.74) is 0. The first kappa shape index (κ1) is 14.1. The Kier molecular flexibility index (Phi) is 3.99. The van der Waals surface area contributed by atoms with E-state index in [1.54, 1.807) is 11.8 Å². The predicted octanol–water partition coefficient (Wildman–Crippen LogP) is 0.868. The number of hydrogen-bond acceptors (Lipinski definition) is 3. The highest BCUT2D eigenvalue weighted by molar-refractivity contribution is 5.77. The standard InChI is InChI=1S/C13H22N2O4/c1-8-7-19-9(2)4-15(8)13(18)14-5-11(6-14)10(3)12(16)17/h8-11H,4-7H2,1-3H3,(H,16,17). The van der Waals surface area contributed by atoms with Gasteiger partial charge in [-0.15, -0.1) is 0 Å². The minimum Gasteiger partial charge on any atom is -0.481 e. The Morgan fingerprint density at radius 2 is 1.89 bits per heavy atom. The van der Waals surface area contributed by atoms with Crippen LogP contribution in [-0.2, 0) is 9.53 Å². The molecule has 0 aliphatic carbocycles. The van der Waals surface area contributed by atoms with Crippen LogP contribution >= 0.6 is 0 Å². The summed E-state index contributed by atoms with van der Waals surface area (Å²) in [5.74, 6) is -1.09. The number of carboxylic acids is 1. The first-order chi connectivity index (χ1) is 8.90. The van der Waals surface area contributed by atoms with Crippen molar-refractivity contribution in [1.82, 2.24) is 9.80 Å². The monoisotopic (exact) mass is 270 g/mol. The van der Waals surface area contributed by atoms with Crippen molar-refractivity contribution >= 4 is 12.0 Å². The summed E-state index contributed by atoms with van der Waals surface area (Å²) in [6, 6.07) is 0.0936. The summed E-state index contributed by atoms with van der Waals surface area (Å²) in [5, 5.41) is 8.94. The maximum atomic E-state index is 12.3. The number of rotatable bonds is 2. The second-order valence-corrected chi connectivity index (χ2v) is 5.72. The van der Waals surface area contributed by atoms with Crippen LogP contribution < -0.4 is 0 Å². The van der Waals surface area contributed by atoms with Gasteiger partial charge < -0.3 is 19.6 Å². The van der Waals surface area contributed by atoms with Crippen molar-refractivity contribution in [3.8, 4) is 0 Å². The minimum atomic E-state index is -0.787. The third-order valence-electron chi connectivity index (χ3n) is 4.13. The Labute approximate surface area is 113 Å². The van der Waals surface area contributed by atoms with E-state index in [1.807, 2.05) is 18.7 Å². The van der Waals surface area contributed by atoms with Crippen LogP contribution in [0.25, 0.3) is 0 Å². The lowest BCUT2D eigenvalue weighted by molar-refractivity contribution is -0.145. The number of carbonyl (C=O) groups excluding carboxylic acids is 1. The molecule has 2 aliphatic rings. The molecule has 6 heteroatoms. The molecule has 108 valence electrons. The number of hydrogen-bond donors (Lipinski definition) is 1. The molecular formula is C13H22N2O4. The van der Waals surface area contributed by atoms with Crippen LogP contribution in [0.5, 0.6) is 0 Å². The van der Waals surface area contributed by atoms with Gasteiger partial charge in [0.25, 0.3) is 0 Å². The van der Waals surface area contributed by atoms with Gasteiger partial charge in [-0.25, -0.2) is 4.79 Å². The molecule has 0 aromatic rings. The van der Waals surface area contributed by atoms with E-state index >= 15 is 0 Å². The molecule has 2 aliphatic heterocycles. The molecule has 3 atom stereocenters. The van der Waals surface area contributed by atoms with Gasteiger partial charge in [0, 0.05) is 25.6 Å². The van der Waals surface area contributed by atoms with Crippen molar-refractivity contribution in [2.75, 3.05) is 26.2 Å². The van der Waals surface area contributed by atoms with Crippen LogP contribution in [0.3, 0.4) is 0 Å². The SMILES string of the molecule is CC1CN(C(=O)N2CC(C(C)C(=O)O)C2)C(C)CO1. The fourth-order valence-electron chi connectivity index (χ4n) is 2.54. The Balaban J connectivity index is 1.87. The highest BCUT2D eigenvalue weighted by Crippen LogP contribution is 2.26. The average molecular weight is 270 g/mol. The summed E-state index contributed by atoms with van der Waals surface area (Å²) < 4.78 is 5.50. The van der Waals surface area contributed by atoms with Crippen molar-refractivity contribution < 1.29 is 19.4 Å². The van der Waals surface area contributed by atoms with Gasteiger partial charge in [0.2, 0.25) is 0 Å². The Morgan fingerprint density at radius 1 is 1.26 bits per heavy atom. The van der Waals surface area contributed by atoms with Gasteiger partial charge in [-0.1, -0.05) is 6.92 Å². The van der Waals surface area contributed by atoms with Gasteiger partial charge in [0.1, 0.15) is 0 Å². The van der Waals surface area contributed by atoms with Gasteiger partial charge in [0.15, 0.2) is 0 Å². The van der Waals surface area contributed by atoms with Crippen molar-refractivity contribution in [2.24, 2.45) is 11.8 Å². The maximum absolute atomic E-state index is 12.3. The number of aliphatic carboxylic acids is 1.